The molecule has 0 aliphatic heterocycles. The Bertz CT molecular complexity index is 161. The van der Waals surface area contributed by atoms with Crippen LogP contribution in [0.2, 0.25) is 0 Å². The molecule has 0 heterocycles. The molecule has 0 aromatic rings. The summed E-state index contributed by atoms with van der Waals surface area (Å²) < 4.78 is 0. The van der Waals surface area contributed by atoms with Gasteiger partial charge in [-0.05, 0) is 43.0 Å². The summed E-state index contributed by atoms with van der Waals surface area (Å²) in [6.45, 7) is 6.31. The lowest BCUT2D eigenvalue weighted by Crippen LogP contribution is -2.37. The minimum atomic E-state index is 0.645. The Balaban J connectivity index is 3.17. The van der Waals surface area contributed by atoms with E-state index in [1.165, 1.54) is 25.0 Å². The third-order valence-corrected chi connectivity index (χ3v) is 2.97. The summed E-state index contributed by atoms with van der Waals surface area (Å²) in [5.41, 5.74) is 0. The highest BCUT2D eigenvalue weighted by molar-refractivity contribution is 7.98. The Morgan fingerprint density at radius 3 is 2.53 bits per heavy atom. The van der Waals surface area contributed by atoms with Gasteiger partial charge in [0.05, 0.1) is 0 Å². The molecule has 0 aromatic carbocycles. The molecule has 15 heavy (non-hydrogen) atoms. The lowest BCUT2D eigenvalue weighted by atomic mass is 10.2. The van der Waals surface area contributed by atoms with Crippen molar-refractivity contribution in [2.24, 2.45) is 5.92 Å². The monoisotopic (exact) mass is 248 g/mol. The van der Waals surface area contributed by atoms with Gasteiger partial charge in [-0.15, -0.1) is 0 Å². The SMILES string of the molecule is CSCCCCCNC(=S)NCC(C)C. The number of nitrogens with one attached hydrogen (secondary N) is 2. The van der Waals surface area contributed by atoms with Crippen LogP contribution < -0.4 is 10.6 Å². The summed E-state index contributed by atoms with van der Waals surface area (Å²) in [6.07, 6.45) is 5.98. The number of thiocarbonyl (C=S) groups is 1. The van der Waals surface area contributed by atoms with E-state index in [-0.39, 0.29) is 0 Å². The average Bonchev–Trinajstić information content (AvgIpc) is 2.20. The molecule has 0 bridgehead atoms. The summed E-state index contributed by atoms with van der Waals surface area (Å²) in [6, 6.07) is 0. The van der Waals surface area contributed by atoms with E-state index in [0.29, 0.717) is 5.92 Å². The van der Waals surface area contributed by atoms with Gasteiger partial charge in [-0.3, -0.25) is 0 Å². The Morgan fingerprint density at radius 1 is 1.20 bits per heavy atom. The molecule has 90 valence electrons. The van der Waals surface area contributed by atoms with Crippen LogP contribution in [0.3, 0.4) is 0 Å². The fraction of sp³-hybridized carbons (Fsp3) is 0.909. The highest BCUT2D eigenvalue weighted by Crippen LogP contribution is 2.01. The Labute approximate surface area is 104 Å². The lowest BCUT2D eigenvalue weighted by Gasteiger charge is -2.11. The van der Waals surface area contributed by atoms with Crippen LogP contribution in [0.5, 0.6) is 0 Å². The molecule has 0 rings (SSSR count). The molecule has 0 spiro atoms. The molecule has 0 aliphatic carbocycles. The standard InChI is InChI=1S/C11H24N2S2/c1-10(2)9-13-11(14)12-7-5-4-6-8-15-3/h10H,4-9H2,1-3H3,(H2,12,13,14). The van der Waals surface area contributed by atoms with Crippen molar-refractivity contribution in [3.05, 3.63) is 0 Å². The van der Waals surface area contributed by atoms with E-state index in [1.807, 2.05) is 11.8 Å². The smallest absolute Gasteiger partial charge is 0.166 e. The highest BCUT2D eigenvalue weighted by Gasteiger charge is 1.96. The van der Waals surface area contributed by atoms with E-state index in [2.05, 4.69) is 30.7 Å². The zero-order chi connectivity index (χ0) is 11.5. The second kappa shape index (κ2) is 10.6. The van der Waals surface area contributed by atoms with Gasteiger partial charge < -0.3 is 10.6 Å². The maximum Gasteiger partial charge on any atom is 0.166 e. The molecule has 0 fully saturated rings. The van der Waals surface area contributed by atoms with Gasteiger partial charge in [-0.1, -0.05) is 20.3 Å². The maximum atomic E-state index is 5.15. The zero-order valence-electron chi connectivity index (χ0n) is 10.1. The molecule has 0 aromatic heterocycles. The molecule has 0 saturated heterocycles. The van der Waals surface area contributed by atoms with Gasteiger partial charge in [0.1, 0.15) is 0 Å². The molecule has 0 saturated carbocycles. The van der Waals surface area contributed by atoms with Gasteiger partial charge >= 0.3 is 0 Å². The fourth-order valence-corrected chi connectivity index (χ4v) is 1.79. The highest BCUT2D eigenvalue weighted by atomic mass is 32.2. The first-order valence-corrected chi connectivity index (χ1v) is 7.47. The largest absolute Gasteiger partial charge is 0.363 e. The zero-order valence-corrected chi connectivity index (χ0v) is 11.8. The van der Waals surface area contributed by atoms with Crippen molar-refractivity contribution < 1.29 is 0 Å². The molecule has 0 unspecified atom stereocenters. The van der Waals surface area contributed by atoms with E-state index in [4.69, 9.17) is 12.2 Å². The van der Waals surface area contributed by atoms with Gasteiger partial charge in [-0.2, -0.15) is 11.8 Å². The van der Waals surface area contributed by atoms with Crippen molar-refractivity contribution in [3.63, 3.8) is 0 Å². The third kappa shape index (κ3) is 12.0. The lowest BCUT2D eigenvalue weighted by molar-refractivity contribution is 0.615. The number of hydrogen-bond acceptors (Lipinski definition) is 2. The van der Waals surface area contributed by atoms with Crippen LogP contribution in [0.1, 0.15) is 33.1 Å². The third-order valence-electron chi connectivity index (χ3n) is 1.98. The Morgan fingerprint density at radius 2 is 1.93 bits per heavy atom. The first-order valence-electron chi connectivity index (χ1n) is 5.67. The normalized spacial score (nSPS) is 10.4. The van der Waals surface area contributed by atoms with E-state index >= 15 is 0 Å². The van der Waals surface area contributed by atoms with Gasteiger partial charge in [0.25, 0.3) is 0 Å². The van der Waals surface area contributed by atoms with Crippen LogP contribution in [0.4, 0.5) is 0 Å². The molecular formula is C11H24N2S2. The molecular weight excluding hydrogens is 224 g/mol. The number of thioether (sulfide) groups is 1. The van der Waals surface area contributed by atoms with E-state index in [9.17, 15) is 0 Å². The van der Waals surface area contributed by atoms with Gasteiger partial charge in [0, 0.05) is 13.1 Å². The number of hydrogen-bond donors (Lipinski definition) is 2. The molecule has 0 amide bonds. The Hall–Kier alpha value is 0.0400. The summed E-state index contributed by atoms with van der Waals surface area (Å²) in [7, 11) is 0. The molecule has 4 heteroatoms. The summed E-state index contributed by atoms with van der Waals surface area (Å²) in [4.78, 5) is 0. The van der Waals surface area contributed by atoms with Crippen molar-refractivity contribution in [2.75, 3.05) is 25.1 Å². The van der Waals surface area contributed by atoms with E-state index < -0.39 is 0 Å². The predicted octanol–water partition coefficient (Wildman–Crippen LogP) is 2.64. The topological polar surface area (TPSA) is 24.1 Å². The second-order valence-electron chi connectivity index (χ2n) is 4.08. The summed E-state index contributed by atoms with van der Waals surface area (Å²) in [5, 5.41) is 7.23. The van der Waals surface area contributed by atoms with Gasteiger partial charge in [-0.25, -0.2) is 0 Å². The van der Waals surface area contributed by atoms with E-state index in [1.54, 1.807) is 0 Å². The molecule has 0 radical (unpaired) electrons. The van der Waals surface area contributed by atoms with Gasteiger partial charge in [0.2, 0.25) is 0 Å². The van der Waals surface area contributed by atoms with Crippen molar-refractivity contribution >= 4 is 29.1 Å². The fourth-order valence-electron chi connectivity index (χ4n) is 1.11. The van der Waals surface area contributed by atoms with Crippen LogP contribution in [-0.4, -0.2) is 30.2 Å². The molecule has 0 atom stereocenters. The Kier molecular flexibility index (Phi) is 10.6. The molecule has 2 nitrogen and oxygen atoms in total. The number of rotatable bonds is 8. The average molecular weight is 248 g/mol. The van der Waals surface area contributed by atoms with Crippen molar-refractivity contribution in [3.8, 4) is 0 Å². The molecule has 2 N–H and O–H groups in total. The minimum absolute atomic E-state index is 0.645. The quantitative estimate of drug-likeness (QED) is 0.509. The van der Waals surface area contributed by atoms with Crippen LogP contribution in [0.15, 0.2) is 0 Å². The minimum Gasteiger partial charge on any atom is -0.363 e. The van der Waals surface area contributed by atoms with E-state index in [0.717, 1.165) is 18.2 Å². The van der Waals surface area contributed by atoms with Crippen LogP contribution in [0.25, 0.3) is 0 Å². The van der Waals surface area contributed by atoms with Gasteiger partial charge in [0.15, 0.2) is 5.11 Å². The van der Waals surface area contributed by atoms with Crippen LogP contribution in [-0.2, 0) is 0 Å². The van der Waals surface area contributed by atoms with Crippen molar-refractivity contribution in [2.45, 2.75) is 33.1 Å². The van der Waals surface area contributed by atoms with Crippen molar-refractivity contribution in [1.82, 2.24) is 10.6 Å². The first-order chi connectivity index (χ1) is 7.16. The van der Waals surface area contributed by atoms with Crippen molar-refractivity contribution in [1.29, 1.82) is 0 Å². The maximum absolute atomic E-state index is 5.15. The number of unbranched alkanes of at least 4 members (excludes halogenated alkanes) is 2. The summed E-state index contributed by atoms with van der Waals surface area (Å²) in [5.74, 6) is 1.92. The van der Waals surface area contributed by atoms with Crippen LogP contribution in [0, 0.1) is 5.92 Å². The second-order valence-corrected chi connectivity index (χ2v) is 5.48. The van der Waals surface area contributed by atoms with Crippen LogP contribution >= 0.6 is 24.0 Å². The molecule has 0 aliphatic rings. The summed E-state index contributed by atoms with van der Waals surface area (Å²) >= 11 is 7.07. The first kappa shape index (κ1) is 15.0. The predicted molar refractivity (Wildman–Crippen MR) is 75.7 cm³/mol.